The van der Waals surface area contributed by atoms with Gasteiger partial charge in [-0.15, -0.1) is 10.2 Å². The van der Waals surface area contributed by atoms with Crippen molar-refractivity contribution in [2.75, 3.05) is 11.1 Å². The predicted octanol–water partition coefficient (Wildman–Crippen LogP) is 3.44. The lowest BCUT2D eigenvalue weighted by molar-refractivity contribution is -0.113. The molecule has 0 unspecified atom stereocenters. The number of aromatic nitrogens is 5. The van der Waals surface area contributed by atoms with Crippen molar-refractivity contribution in [3.05, 3.63) is 60.4 Å². The molecule has 1 amide bonds. The number of rotatable bonds is 6. The van der Waals surface area contributed by atoms with E-state index in [-0.39, 0.29) is 11.7 Å². The van der Waals surface area contributed by atoms with E-state index >= 15 is 0 Å². The van der Waals surface area contributed by atoms with Crippen molar-refractivity contribution in [2.45, 2.75) is 18.5 Å². The van der Waals surface area contributed by atoms with Gasteiger partial charge in [-0.25, -0.2) is 4.98 Å². The molecule has 0 radical (unpaired) electrons. The van der Waals surface area contributed by atoms with Crippen LogP contribution in [0.5, 0.6) is 0 Å². The van der Waals surface area contributed by atoms with Gasteiger partial charge < -0.3 is 4.98 Å². The molecule has 0 spiro atoms. The number of nitrogens with zero attached hydrogens (tertiary/aromatic N) is 4. The number of nitrogens with one attached hydrogen (secondary N) is 2. The Balaban J connectivity index is 1.45. The molecule has 0 fully saturated rings. The van der Waals surface area contributed by atoms with Gasteiger partial charge in [-0.2, -0.15) is 0 Å². The van der Waals surface area contributed by atoms with Crippen LogP contribution in [0.1, 0.15) is 12.5 Å². The molecule has 0 saturated carbocycles. The molecular formula is C19H18N6OS. The topological polar surface area (TPSA) is 88.5 Å². The predicted molar refractivity (Wildman–Crippen MR) is 106 cm³/mol. The first kappa shape index (κ1) is 17.3. The fourth-order valence-corrected chi connectivity index (χ4v) is 3.56. The molecule has 27 heavy (non-hydrogen) atoms. The third-order valence-corrected chi connectivity index (χ3v) is 5.07. The summed E-state index contributed by atoms with van der Waals surface area (Å²) in [4.78, 5) is 19.7. The van der Waals surface area contributed by atoms with Gasteiger partial charge in [0, 0.05) is 0 Å². The number of aryl methyl sites for hydroxylation is 1. The normalized spacial score (nSPS) is 11.0. The molecule has 0 aliphatic heterocycles. The Kier molecular flexibility index (Phi) is 4.88. The Morgan fingerprint density at radius 3 is 2.85 bits per heavy atom. The molecule has 0 aliphatic carbocycles. The second-order valence-electron chi connectivity index (χ2n) is 5.91. The fraction of sp³-hybridized carbons (Fsp3) is 0.158. The first-order valence-electron chi connectivity index (χ1n) is 8.60. The van der Waals surface area contributed by atoms with E-state index in [1.807, 2.05) is 47.0 Å². The summed E-state index contributed by atoms with van der Waals surface area (Å²) in [6.45, 7) is 2.11. The van der Waals surface area contributed by atoms with Crippen LogP contribution in [-0.4, -0.2) is 36.4 Å². The molecule has 0 bridgehead atoms. The SMILES string of the molecule is CCc1ccccc1-n1cnnc1SCC(=O)Nc1nc2ccccc2[nH]1. The highest BCUT2D eigenvalue weighted by Crippen LogP contribution is 2.22. The molecular weight excluding hydrogens is 360 g/mol. The number of aromatic amines is 1. The van der Waals surface area contributed by atoms with Crippen LogP contribution in [-0.2, 0) is 11.2 Å². The fourth-order valence-electron chi connectivity index (χ4n) is 2.84. The summed E-state index contributed by atoms with van der Waals surface area (Å²) in [5.74, 6) is 0.501. The minimum absolute atomic E-state index is 0.155. The number of carbonyl (C=O) groups is 1. The summed E-state index contributed by atoms with van der Waals surface area (Å²) >= 11 is 1.34. The van der Waals surface area contributed by atoms with E-state index in [4.69, 9.17) is 0 Å². The number of imidazole rings is 1. The lowest BCUT2D eigenvalue weighted by Crippen LogP contribution is -2.15. The maximum absolute atomic E-state index is 12.3. The van der Waals surface area contributed by atoms with Crippen LogP contribution in [0.2, 0.25) is 0 Å². The van der Waals surface area contributed by atoms with Crippen LogP contribution in [0, 0.1) is 0 Å². The Bertz CT molecular complexity index is 1050. The van der Waals surface area contributed by atoms with E-state index in [2.05, 4.69) is 38.5 Å². The summed E-state index contributed by atoms with van der Waals surface area (Å²) < 4.78 is 1.91. The van der Waals surface area contributed by atoms with Gasteiger partial charge >= 0.3 is 0 Å². The Morgan fingerprint density at radius 1 is 1.19 bits per heavy atom. The van der Waals surface area contributed by atoms with Crippen LogP contribution < -0.4 is 5.32 Å². The molecule has 0 saturated heterocycles. The standard InChI is InChI=1S/C19H18N6OS/c1-2-13-7-3-6-10-16(13)25-12-20-24-19(25)27-11-17(26)23-18-21-14-8-4-5-9-15(14)22-18/h3-10,12H,2,11H2,1H3,(H2,21,22,23,26). The second kappa shape index (κ2) is 7.63. The highest BCUT2D eigenvalue weighted by molar-refractivity contribution is 7.99. The third kappa shape index (κ3) is 3.70. The van der Waals surface area contributed by atoms with E-state index in [9.17, 15) is 4.79 Å². The zero-order valence-electron chi connectivity index (χ0n) is 14.7. The van der Waals surface area contributed by atoms with Gasteiger partial charge in [0.2, 0.25) is 11.9 Å². The van der Waals surface area contributed by atoms with Gasteiger partial charge in [0.15, 0.2) is 5.16 Å². The Hall–Kier alpha value is -3.13. The van der Waals surface area contributed by atoms with Gasteiger partial charge in [0.25, 0.3) is 0 Å². The lowest BCUT2D eigenvalue weighted by Gasteiger charge is -2.10. The van der Waals surface area contributed by atoms with E-state index in [1.54, 1.807) is 6.33 Å². The van der Waals surface area contributed by atoms with Crippen LogP contribution in [0.15, 0.2) is 60.0 Å². The van der Waals surface area contributed by atoms with Gasteiger partial charge in [-0.3, -0.25) is 14.7 Å². The average molecular weight is 378 g/mol. The quantitative estimate of drug-likeness (QED) is 0.502. The average Bonchev–Trinajstić information content (AvgIpc) is 3.32. The summed E-state index contributed by atoms with van der Waals surface area (Å²) in [5.41, 5.74) is 3.93. The molecule has 7 nitrogen and oxygen atoms in total. The van der Waals surface area contributed by atoms with Crippen LogP contribution in [0.25, 0.3) is 16.7 Å². The molecule has 2 heterocycles. The van der Waals surface area contributed by atoms with Crippen molar-refractivity contribution >= 4 is 34.7 Å². The summed E-state index contributed by atoms with van der Waals surface area (Å²) in [5, 5.41) is 11.6. The van der Waals surface area contributed by atoms with Crippen molar-refractivity contribution in [3.63, 3.8) is 0 Å². The summed E-state index contributed by atoms with van der Waals surface area (Å²) in [6, 6.07) is 15.7. The number of hydrogen-bond donors (Lipinski definition) is 2. The largest absolute Gasteiger partial charge is 0.324 e. The van der Waals surface area contributed by atoms with Crippen molar-refractivity contribution in [2.24, 2.45) is 0 Å². The van der Waals surface area contributed by atoms with Crippen molar-refractivity contribution in [1.82, 2.24) is 24.7 Å². The molecule has 2 aromatic heterocycles. The molecule has 4 aromatic rings. The summed E-state index contributed by atoms with van der Waals surface area (Å²) in [6.07, 6.45) is 2.58. The third-order valence-electron chi connectivity index (χ3n) is 4.13. The maximum Gasteiger partial charge on any atom is 0.237 e. The number of H-pyrrole nitrogens is 1. The minimum atomic E-state index is -0.155. The monoisotopic (exact) mass is 378 g/mol. The van der Waals surface area contributed by atoms with Crippen molar-refractivity contribution < 1.29 is 4.79 Å². The zero-order valence-corrected chi connectivity index (χ0v) is 15.5. The molecule has 136 valence electrons. The van der Waals surface area contributed by atoms with Crippen LogP contribution >= 0.6 is 11.8 Å². The molecule has 2 aromatic carbocycles. The molecule has 0 aliphatic rings. The Labute approximate surface area is 160 Å². The van der Waals surface area contributed by atoms with Crippen molar-refractivity contribution in [3.8, 4) is 5.69 Å². The van der Waals surface area contributed by atoms with Gasteiger partial charge in [-0.1, -0.05) is 49.0 Å². The van der Waals surface area contributed by atoms with Crippen LogP contribution in [0.4, 0.5) is 5.95 Å². The molecule has 2 N–H and O–H groups in total. The highest BCUT2D eigenvalue weighted by Gasteiger charge is 2.13. The first-order chi connectivity index (χ1) is 13.2. The summed E-state index contributed by atoms with van der Waals surface area (Å²) in [7, 11) is 0. The first-order valence-corrected chi connectivity index (χ1v) is 9.59. The smallest absolute Gasteiger partial charge is 0.237 e. The number of thioether (sulfide) groups is 1. The second-order valence-corrected chi connectivity index (χ2v) is 6.85. The number of hydrogen-bond acceptors (Lipinski definition) is 5. The molecule has 0 atom stereocenters. The lowest BCUT2D eigenvalue weighted by atomic mass is 10.1. The number of amides is 1. The zero-order chi connectivity index (χ0) is 18.6. The van der Waals surface area contributed by atoms with E-state index in [0.29, 0.717) is 11.1 Å². The number of carbonyl (C=O) groups excluding carboxylic acids is 1. The Morgan fingerprint density at radius 2 is 2.00 bits per heavy atom. The number of benzene rings is 2. The van der Waals surface area contributed by atoms with Crippen LogP contribution in [0.3, 0.4) is 0 Å². The van der Waals surface area contributed by atoms with Gasteiger partial charge in [0.05, 0.1) is 22.5 Å². The number of para-hydroxylation sites is 3. The minimum Gasteiger partial charge on any atom is -0.324 e. The van der Waals surface area contributed by atoms with E-state index in [1.165, 1.54) is 17.3 Å². The highest BCUT2D eigenvalue weighted by atomic mass is 32.2. The van der Waals surface area contributed by atoms with E-state index in [0.717, 1.165) is 23.1 Å². The molecule has 4 rings (SSSR count). The maximum atomic E-state index is 12.3. The number of anilines is 1. The number of fused-ring (bicyclic) bond motifs is 1. The molecule has 8 heteroatoms. The van der Waals surface area contributed by atoms with Crippen molar-refractivity contribution in [1.29, 1.82) is 0 Å². The van der Waals surface area contributed by atoms with E-state index < -0.39 is 0 Å². The van der Waals surface area contributed by atoms with Gasteiger partial charge in [-0.05, 0) is 30.2 Å². The van der Waals surface area contributed by atoms with Gasteiger partial charge in [0.1, 0.15) is 6.33 Å².